The molecule has 0 aliphatic carbocycles. The van der Waals surface area contributed by atoms with Gasteiger partial charge in [0.2, 0.25) is 0 Å². The Morgan fingerprint density at radius 3 is 0.867 bits per heavy atom. The molecule has 0 bridgehead atoms. The van der Waals surface area contributed by atoms with Gasteiger partial charge in [-0.2, -0.15) is 0 Å². The fourth-order valence-corrected chi connectivity index (χ4v) is 1.72. The molecule has 100 valence electrons. The van der Waals surface area contributed by atoms with Crippen molar-refractivity contribution in [2.24, 2.45) is 11.8 Å². The second-order valence-electron chi connectivity index (χ2n) is 3.60. The molecule has 0 spiro atoms. The van der Waals surface area contributed by atoms with Crippen LogP contribution in [0.1, 0.15) is 89.5 Å². The SMILES string of the molecule is C.C.C.C.CCC(CC)CC(CC)CC. The number of hydrogen-bond acceptors (Lipinski definition) is 0. The largest absolute Gasteiger partial charge is 0.0776 e. The van der Waals surface area contributed by atoms with Gasteiger partial charge < -0.3 is 0 Å². The average molecular weight is 220 g/mol. The van der Waals surface area contributed by atoms with Gasteiger partial charge in [-0.3, -0.25) is 0 Å². The molecule has 0 aromatic heterocycles. The molecule has 0 saturated carbocycles. The molecule has 0 heterocycles. The van der Waals surface area contributed by atoms with Gasteiger partial charge in [0.25, 0.3) is 0 Å². The predicted octanol–water partition coefficient (Wildman–Crippen LogP) is 6.79. The summed E-state index contributed by atoms with van der Waals surface area (Å²) in [6, 6.07) is 0. The molecule has 0 amide bonds. The summed E-state index contributed by atoms with van der Waals surface area (Å²) in [4.78, 5) is 0. The van der Waals surface area contributed by atoms with Crippen molar-refractivity contribution in [3.05, 3.63) is 0 Å². The molecule has 0 heteroatoms. The van der Waals surface area contributed by atoms with Crippen LogP contribution in [0.25, 0.3) is 0 Å². The third-order valence-corrected chi connectivity index (χ3v) is 2.98. The molecule has 0 unspecified atom stereocenters. The molecule has 15 heavy (non-hydrogen) atoms. The Labute approximate surface area is 102 Å². The molecular formula is C15H40. The molecule has 0 saturated heterocycles. The Kier molecular flexibility index (Phi) is 38.3. The van der Waals surface area contributed by atoms with Gasteiger partial charge >= 0.3 is 0 Å². The highest BCUT2D eigenvalue weighted by Gasteiger charge is 2.09. The zero-order chi connectivity index (χ0) is 8.69. The Morgan fingerprint density at radius 2 is 0.733 bits per heavy atom. The standard InChI is InChI=1S/C11H24.4CH4/c1-5-10(6-2)9-11(7-3)8-4;;;;/h10-11H,5-9H2,1-4H3;4*1H4. The summed E-state index contributed by atoms with van der Waals surface area (Å²) in [5.41, 5.74) is 0. The van der Waals surface area contributed by atoms with Crippen molar-refractivity contribution in [3.63, 3.8) is 0 Å². The molecule has 0 nitrogen and oxygen atoms in total. The van der Waals surface area contributed by atoms with Gasteiger partial charge in [-0.05, 0) is 18.3 Å². The van der Waals surface area contributed by atoms with E-state index >= 15 is 0 Å². The molecule has 0 radical (unpaired) electrons. The van der Waals surface area contributed by atoms with E-state index in [0.29, 0.717) is 0 Å². The first kappa shape index (κ1) is 29.4. The summed E-state index contributed by atoms with van der Waals surface area (Å²) >= 11 is 0. The molecule has 0 aromatic rings. The zero-order valence-corrected chi connectivity index (χ0v) is 8.69. The van der Waals surface area contributed by atoms with Crippen LogP contribution in [0.15, 0.2) is 0 Å². The minimum absolute atomic E-state index is 0. The van der Waals surface area contributed by atoms with Gasteiger partial charge in [0, 0.05) is 0 Å². The lowest BCUT2D eigenvalue weighted by Crippen LogP contribution is -2.05. The van der Waals surface area contributed by atoms with E-state index in [1.807, 2.05) is 0 Å². The van der Waals surface area contributed by atoms with Crippen LogP contribution in [0, 0.1) is 11.8 Å². The van der Waals surface area contributed by atoms with Crippen LogP contribution in [0.3, 0.4) is 0 Å². The van der Waals surface area contributed by atoms with E-state index in [1.165, 1.54) is 32.1 Å². The molecule has 0 aliphatic rings. The van der Waals surface area contributed by atoms with Crippen LogP contribution in [-0.2, 0) is 0 Å². The van der Waals surface area contributed by atoms with Gasteiger partial charge in [0.15, 0.2) is 0 Å². The lowest BCUT2D eigenvalue weighted by molar-refractivity contribution is 0.338. The van der Waals surface area contributed by atoms with Crippen LogP contribution >= 0.6 is 0 Å². The summed E-state index contributed by atoms with van der Waals surface area (Å²) in [5.74, 6) is 1.97. The van der Waals surface area contributed by atoms with Crippen molar-refractivity contribution in [1.29, 1.82) is 0 Å². The van der Waals surface area contributed by atoms with Crippen molar-refractivity contribution in [3.8, 4) is 0 Å². The minimum atomic E-state index is 0. The number of rotatable bonds is 6. The fraction of sp³-hybridized carbons (Fsp3) is 1.00. The van der Waals surface area contributed by atoms with Crippen LogP contribution in [0.5, 0.6) is 0 Å². The Balaban J connectivity index is -0.0000000833. The Morgan fingerprint density at radius 1 is 0.533 bits per heavy atom. The first-order chi connectivity index (χ1) is 5.28. The van der Waals surface area contributed by atoms with Crippen molar-refractivity contribution in [2.45, 2.75) is 89.5 Å². The first-order valence-electron chi connectivity index (χ1n) is 5.28. The molecule has 0 atom stereocenters. The second-order valence-corrected chi connectivity index (χ2v) is 3.60. The summed E-state index contributed by atoms with van der Waals surface area (Å²) in [6.45, 7) is 9.26. The van der Waals surface area contributed by atoms with Gasteiger partial charge in [0.1, 0.15) is 0 Å². The molecule has 0 rings (SSSR count). The summed E-state index contributed by atoms with van der Waals surface area (Å²) in [5, 5.41) is 0. The van der Waals surface area contributed by atoms with E-state index in [1.54, 1.807) is 0 Å². The maximum Gasteiger partial charge on any atom is -0.0417 e. The van der Waals surface area contributed by atoms with Crippen molar-refractivity contribution < 1.29 is 0 Å². The van der Waals surface area contributed by atoms with Crippen molar-refractivity contribution >= 4 is 0 Å². The Bertz CT molecular complexity index is 58.1. The smallest absolute Gasteiger partial charge is 0.0417 e. The third kappa shape index (κ3) is 14.0. The van der Waals surface area contributed by atoms with Crippen LogP contribution < -0.4 is 0 Å². The predicted molar refractivity (Wildman–Crippen MR) is 79.7 cm³/mol. The van der Waals surface area contributed by atoms with Crippen LogP contribution in [-0.4, -0.2) is 0 Å². The monoisotopic (exact) mass is 220 g/mol. The van der Waals surface area contributed by atoms with E-state index in [-0.39, 0.29) is 29.7 Å². The van der Waals surface area contributed by atoms with E-state index in [9.17, 15) is 0 Å². The molecule has 0 aliphatic heterocycles. The highest BCUT2D eigenvalue weighted by molar-refractivity contribution is 4.61. The maximum absolute atomic E-state index is 2.32. The summed E-state index contributed by atoms with van der Waals surface area (Å²) in [6.07, 6.45) is 6.93. The van der Waals surface area contributed by atoms with Crippen LogP contribution in [0.2, 0.25) is 0 Å². The topological polar surface area (TPSA) is 0 Å². The minimum Gasteiger partial charge on any atom is -0.0776 e. The normalized spacial score (nSPS) is 8.40. The highest BCUT2D eigenvalue weighted by atomic mass is 14.2. The molecule has 0 fully saturated rings. The maximum atomic E-state index is 2.32. The highest BCUT2D eigenvalue weighted by Crippen LogP contribution is 2.23. The second kappa shape index (κ2) is 19.6. The van der Waals surface area contributed by atoms with Crippen LogP contribution in [0.4, 0.5) is 0 Å². The van der Waals surface area contributed by atoms with Gasteiger partial charge in [0.05, 0.1) is 0 Å². The van der Waals surface area contributed by atoms with E-state index in [0.717, 1.165) is 11.8 Å². The fourth-order valence-electron chi connectivity index (χ4n) is 1.72. The third-order valence-electron chi connectivity index (χ3n) is 2.98. The molecule has 0 N–H and O–H groups in total. The summed E-state index contributed by atoms with van der Waals surface area (Å²) < 4.78 is 0. The van der Waals surface area contributed by atoms with E-state index in [4.69, 9.17) is 0 Å². The zero-order valence-electron chi connectivity index (χ0n) is 8.69. The molecule has 0 aromatic carbocycles. The van der Waals surface area contributed by atoms with E-state index < -0.39 is 0 Å². The summed E-state index contributed by atoms with van der Waals surface area (Å²) in [7, 11) is 0. The Hall–Kier alpha value is 0. The lowest BCUT2D eigenvalue weighted by Gasteiger charge is -2.18. The van der Waals surface area contributed by atoms with Gasteiger partial charge in [-0.25, -0.2) is 0 Å². The first-order valence-corrected chi connectivity index (χ1v) is 5.28. The van der Waals surface area contributed by atoms with Crippen molar-refractivity contribution in [2.75, 3.05) is 0 Å². The lowest BCUT2D eigenvalue weighted by atomic mass is 9.88. The van der Waals surface area contributed by atoms with E-state index in [2.05, 4.69) is 27.7 Å². The van der Waals surface area contributed by atoms with Crippen molar-refractivity contribution in [1.82, 2.24) is 0 Å². The average Bonchev–Trinajstić information content (AvgIpc) is 2.07. The number of hydrogen-bond donors (Lipinski definition) is 0. The molecular weight excluding hydrogens is 180 g/mol. The van der Waals surface area contributed by atoms with Gasteiger partial charge in [-0.1, -0.05) is 83.1 Å². The van der Waals surface area contributed by atoms with Gasteiger partial charge in [-0.15, -0.1) is 0 Å². The quantitative estimate of drug-likeness (QED) is 0.462.